The Labute approximate surface area is 102 Å². The lowest BCUT2D eigenvalue weighted by molar-refractivity contribution is -0.136. The van der Waals surface area contributed by atoms with Crippen molar-refractivity contribution in [1.29, 1.82) is 0 Å². The van der Waals surface area contributed by atoms with Gasteiger partial charge in [-0.15, -0.1) is 6.58 Å². The van der Waals surface area contributed by atoms with E-state index in [0.29, 0.717) is 12.2 Å². The van der Waals surface area contributed by atoms with Gasteiger partial charge >= 0.3 is 0 Å². The molecule has 0 atom stereocenters. The molecule has 1 aromatic heterocycles. The average molecular weight is 236 g/mol. The van der Waals surface area contributed by atoms with E-state index >= 15 is 0 Å². The predicted octanol–water partition coefficient (Wildman–Crippen LogP) is 1.28. The van der Waals surface area contributed by atoms with Crippen LogP contribution in [0.2, 0.25) is 0 Å². The average Bonchev–Trinajstić information content (AvgIpc) is 2.58. The molecule has 0 aromatic carbocycles. The molecule has 0 bridgehead atoms. The number of nitrogen functional groups attached to an aromatic ring is 1. The van der Waals surface area contributed by atoms with Gasteiger partial charge in [0.05, 0.1) is 11.9 Å². The van der Waals surface area contributed by atoms with Crippen molar-refractivity contribution in [2.45, 2.75) is 32.9 Å². The van der Waals surface area contributed by atoms with E-state index < -0.39 is 0 Å². The molecule has 1 aromatic rings. The van der Waals surface area contributed by atoms with E-state index in [2.05, 4.69) is 11.7 Å². The second kappa shape index (κ2) is 5.03. The molecule has 0 saturated carbocycles. The molecule has 5 heteroatoms. The molecule has 17 heavy (non-hydrogen) atoms. The number of nitrogens with zero attached hydrogens (tertiary/aromatic N) is 3. The summed E-state index contributed by atoms with van der Waals surface area (Å²) in [6.45, 7) is 10.4. The van der Waals surface area contributed by atoms with E-state index in [-0.39, 0.29) is 18.0 Å². The fourth-order valence-corrected chi connectivity index (χ4v) is 1.57. The largest absolute Gasteiger partial charge is 0.396 e. The van der Waals surface area contributed by atoms with Crippen molar-refractivity contribution >= 4 is 11.6 Å². The summed E-state index contributed by atoms with van der Waals surface area (Å²) in [6, 6.07) is 0. The van der Waals surface area contributed by atoms with Crippen molar-refractivity contribution in [1.82, 2.24) is 14.7 Å². The van der Waals surface area contributed by atoms with Gasteiger partial charge in [0, 0.05) is 18.3 Å². The Bertz CT molecular complexity index is 403. The van der Waals surface area contributed by atoms with Crippen LogP contribution >= 0.6 is 0 Å². The van der Waals surface area contributed by atoms with E-state index in [1.54, 1.807) is 21.9 Å². The number of hydrogen-bond acceptors (Lipinski definition) is 3. The standard InChI is InChI=1S/C12H20N4O/c1-5-6-16(12(2,3)4)11(17)9-15-8-10(13)7-14-15/h5,7-8H,1,6,9,13H2,2-4H3. The van der Waals surface area contributed by atoms with E-state index in [9.17, 15) is 4.79 Å². The highest BCUT2D eigenvalue weighted by Crippen LogP contribution is 2.14. The van der Waals surface area contributed by atoms with Crippen LogP contribution < -0.4 is 5.73 Å². The lowest BCUT2D eigenvalue weighted by Gasteiger charge is -2.34. The zero-order chi connectivity index (χ0) is 13.1. The number of carbonyl (C=O) groups is 1. The molecular formula is C12H20N4O. The molecule has 94 valence electrons. The van der Waals surface area contributed by atoms with Crippen molar-refractivity contribution in [3.8, 4) is 0 Å². The van der Waals surface area contributed by atoms with Crippen LogP contribution in [0.15, 0.2) is 25.0 Å². The molecule has 1 heterocycles. The Morgan fingerprint density at radius 3 is 2.71 bits per heavy atom. The normalized spacial score (nSPS) is 11.2. The van der Waals surface area contributed by atoms with Crippen molar-refractivity contribution < 1.29 is 4.79 Å². The van der Waals surface area contributed by atoms with Crippen LogP contribution in [-0.2, 0) is 11.3 Å². The SMILES string of the molecule is C=CCN(C(=O)Cn1cc(N)cn1)C(C)(C)C. The van der Waals surface area contributed by atoms with Crippen LogP contribution in [-0.4, -0.2) is 32.7 Å². The monoisotopic (exact) mass is 236 g/mol. The summed E-state index contributed by atoms with van der Waals surface area (Å²) in [5, 5.41) is 4.00. The van der Waals surface area contributed by atoms with E-state index in [1.165, 1.54) is 6.20 Å². The summed E-state index contributed by atoms with van der Waals surface area (Å²) in [7, 11) is 0. The molecule has 1 amide bonds. The Hall–Kier alpha value is -1.78. The van der Waals surface area contributed by atoms with Crippen molar-refractivity contribution in [2.75, 3.05) is 12.3 Å². The third-order valence-electron chi connectivity index (χ3n) is 2.37. The summed E-state index contributed by atoms with van der Waals surface area (Å²) in [5.74, 6) is 0.000463. The fourth-order valence-electron chi connectivity index (χ4n) is 1.57. The second-order valence-electron chi connectivity index (χ2n) is 4.94. The fraction of sp³-hybridized carbons (Fsp3) is 0.500. The summed E-state index contributed by atoms with van der Waals surface area (Å²) in [5.41, 5.74) is 5.88. The Morgan fingerprint density at radius 1 is 1.65 bits per heavy atom. The molecule has 0 aliphatic heterocycles. The number of anilines is 1. The first kappa shape index (κ1) is 13.3. The summed E-state index contributed by atoms with van der Waals surface area (Å²) >= 11 is 0. The van der Waals surface area contributed by atoms with Crippen molar-refractivity contribution in [2.24, 2.45) is 0 Å². The van der Waals surface area contributed by atoms with Crippen LogP contribution in [0, 0.1) is 0 Å². The molecule has 0 unspecified atom stereocenters. The van der Waals surface area contributed by atoms with Crippen LogP contribution in [0.3, 0.4) is 0 Å². The summed E-state index contributed by atoms with van der Waals surface area (Å²) < 4.78 is 1.54. The van der Waals surface area contributed by atoms with E-state index in [4.69, 9.17) is 5.73 Å². The highest BCUT2D eigenvalue weighted by Gasteiger charge is 2.25. The minimum atomic E-state index is -0.232. The molecular weight excluding hydrogens is 216 g/mol. The predicted molar refractivity (Wildman–Crippen MR) is 68.3 cm³/mol. The van der Waals surface area contributed by atoms with Gasteiger partial charge < -0.3 is 10.6 Å². The minimum absolute atomic E-state index is 0.000463. The minimum Gasteiger partial charge on any atom is -0.396 e. The van der Waals surface area contributed by atoms with Gasteiger partial charge in [-0.25, -0.2) is 0 Å². The molecule has 2 N–H and O–H groups in total. The smallest absolute Gasteiger partial charge is 0.245 e. The Morgan fingerprint density at radius 2 is 2.29 bits per heavy atom. The number of aromatic nitrogens is 2. The maximum absolute atomic E-state index is 12.1. The molecule has 0 radical (unpaired) electrons. The first-order valence-electron chi connectivity index (χ1n) is 5.54. The van der Waals surface area contributed by atoms with Gasteiger partial charge in [0.15, 0.2) is 0 Å². The second-order valence-corrected chi connectivity index (χ2v) is 4.94. The zero-order valence-electron chi connectivity index (χ0n) is 10.7. The van der Waals surface area contributed by atoms with Gasteiger partial charge in [-0.1, -0.05) is 6.08 Å². The molecule has 1 rings (SSSR count). The highest BCUT2D eigenvalue weighted by molar-refractivity contribution is 5.77. The van der Waals surface area contributed by atoms with Crippen LogP contribution in [0.1, 0.15) is 20.8 Å². The van der Waals surface area contributed by atoms with Crippen LogP contribution in [0.25, 0.3) is 0 Å². The molecule has 0 aliphatic rings. The quantitative estimate of drug-likeness (QED) is 0.801. The first-order valence-corrected chi connectivity index (χ1v) is 5.54. The summed E-state index contributed by atoms with van der Waals surface area (Å²) in [4.78, 5) is 13.9. The number of carbonyl (C=O) groups excluding carboxylic acids is 1. The molecule has 5 nitrogen and oxygen atoms in total. The van der Waals surface area contributed by atoms with Gasteiger partial charge in [-0.05, 0) is 20.8 Å². The molecule has 0 aliphatic carbocycles. The van der Waals surface area contributed by atoms with Gasteiger partial charge in [0.25, 0.3) is 0 Å². The number of amides is 1. The van der Waals surface area contributed by atoms with Gasteiger partial charge in [0.1, 0.15) is 6.54 Å². The first-order chi connectivity index (χ1) is 7.84. The third kappa shape index (κ3) is 3.62. The van der Waals surface area contributed by atoms with Crippen molar-refractivity contribution in [3.05, 3.63) is 25.0 Å². The van der Waals surface area contributed by atoms with Gasteiger partial charge in [-0.2, -0.15) is 5.10 Å². The van der Waals surface area contributed by atoms with E-state index in [1.807, 2.05) is 20.8 Å². The van der Waals surface area contributed by atoms with Crippen LogP contribution in [0.5, 0.6) is 0 Å². The molecule has 0 fully saturated rings. The molecule has 0 saturated heterocycles. The van der Waals surface area contributed by atoms with Gasteiger partial charge in [-0.3, -0.25) is 9.48 Å². The number of rotatable bonds is 4. The van der Waals surface area contributed by atoms with Crippen LogP contribution in [0.4, 0.5) is 5.69 Å². The topological polar surface area (TPSA) is 64.2 Å². The maximum atomic E-state index is 12.1. The van der Waals surface area contributed by atoms with E-state index in [0.717, 1.165) is 0 Å². The third-order valence-corrected chi connectivity index (χ3v) is 2.37. The molecule has 0 spiro atoms. The van der Waals surface area contributed by atoms with Gasteiger partial charge in [0.2, 0.25) is 5.91 Å². The Kier molecular flexibility index (Phi) is 3.93. The lowest BCUT2D eigenvalue weighted by atomic mass is 10.1. The number of nitrogens with two attached hydrogens (primary N) is 1. The highest BCUT2D eigenvalue weighted by atomic mass is 16.2. The maximum Gasteiger partial charge on any atom is 0.245 e. The Balaban J connectivity index is 2.75. The summed E-state index contributed by atoms with van der Waals surface area (Å²) in [6.07, 6.45) is 4.90. The number of hydrogen-bond donors (Lipinski definition) is 1. The zero-order valence-corrected chi connectivity index (χ0v) is 10.7. The lowest BCUT2D eigenvalue weighted by Crippen LogP contribution is -2.47. The van der Waals surface area contributed by atoms with Crippen molar-refractivity contribution in [3.63, 3.8) is 0 Å².